The summed E-state index contributed by atoms with van der Waals surface area (Å²) < 4.78 is 28.2. The van der Waals surface area contributed by atoms with Crippen molar-refractivity contribution in [2.45, 2.75) is 20.3 Å². The van der Waals surface area contributed by atoms with Crippen molar-refractivity contribution in [1.29, 1.82) is 0 Å². The van der Waals surface area contributed by atoms with Crippen LogP contribution in [0.15, 0.2) is 60.7 Å². The fourth-order valence-corrected chi connectivity index (χ4v) is 2.76. The minimum absolute atomic E-state index is 0.0746. The van der Waals surface area contributed by atoms with Crippen LogP contribution in [0.3, 0.4) is 0 Å². The molecule has 24 heavy (non-hydrogen) atoms. The van der Waals surface area contributed by atoms with E-state index >= 15 is 0 Å². The second-order valence-electron chi connectivity index (χ2n) is 5.38. The van der Waals surface area contributed by atoms with E-state index in [0.717, 1.165) is 0 Å². The maximum atomic E-state index is 12.8. The van der Waals surface area contributed by atoms with Crippen molar-refractivity contribution in [2.24, 2.45) is 5.92 Å². The minimum Gasteiger partial charge on any atom is -0.393 e. The van der Waals surface area contributed by atoms with Gasteiger partial charge < -0.3 is 9.05 Å². The lowest BCUT2D eigenvalue weighted by Gasteiger charge is -2.17. The smallest absolute Gasteiger partial charge is 0.393 e. The normalized spacial score (nSPS) is 11.1. The molecule has 0 bridgehead atoms. The number of carbonyl (C=O) groups excluding carboxylic acids is 1. The Balaban J connectivity index is 2.11. The molecule has 0 radical (unpaired) electrons. The number of benzene rings is 2. The molecule has 0 aromatic heterocycles. The van der Waals surface area contributed by atoms with Crippen molar-refractivity contribution in [2.75, 3.05) is 0 Å². The van der Waals surface area contributed by atoms with Crippen molar-refractivity contribution in [3.8, 4) is 11.5 Å². The first-order valence-electron chi connectivity index (χ1n) is 7.45. The van der Waals surface area contributed by atoms with E-state index in [9.17, 15) is 9.36 Å². The summed E-state index contributed by atoms with van der Waals surface area (Å²) in [7, 11) is -4.20. The molecule has 0 aliphatic rings. The van der Waals surface area contributed by atoms with Gasteiger partial charge in [0.15, 0.2) is 0 Å². The molecule has 7 heteroatoms. The van der Waals surface area contributed by atoms with Crippen LogP contribution in [-0.2, 0) is 18.9 Å². The highest BCUT2D eigenvalue weighted by atomic mass is 31.2. The van der Waals surface area contributed by atoms with Crippen LogP contribution in [0, 0.1) is 5.92 Å². The van der Waals surface area contributed by atoms with E-state index in [2.05, 4.69) is 4.89 Å². The molecule has 2 aromatic carbocycles. The van der Waals surface area contributed by atoms with Crippen LogP contribution >= 0.6 is 7.82 Å². The Labute approximate surface area is 140 Å². The summed E-state index contributed by atoms with van der Waals surface area (Å²) >= 11 is 0. The molecular weight excluding hydrogens is 331 g/mol. The van der Waals surface area contributed by atoms with E-state index in [1.165, 1.54) is 0 Å². The lowest BCUT2D eigenvalue weighted by molar-refractivity contribution is -0.221. The van der Waals surface area contributed by atoms with Gasteiger partial charge in [0, 0.05) is 0 Å². The first-order valence-corrected chi connectivity index (χ1v) is 8.91. The predicted octanol–water partition coefficient (Wildman–Crippen LogP) is 4.77. The molecule has 0 fully saturated rings. The number of hydrogen-bond donors (Lipinski definition) is 0. The summed E-state index contributed by atoms with van der Waals surface area (Å²) in [5.41, 5.74) is 0. The second kappa shape index (κ2) is 8.52. The zero-order chi connectivity index (χ0) is 17.4. The van der Waals surface area contributed by atoms with E-state index in [-0.39, 0.29) is 23.8 Å². The SMILES string of the molecule is CC(C)CC(=O)OOP(=O)(Oc1ccccc1)Oc1ccccc1. The van der Waals surface area contributed by atoms with Gasteiger partial charge >= 0.3 is 13.8 Å². The maximum Gasteiger partial charge on any atom is 0.625 e. The molecule has 0 aliphatic carbocycles. The standard InChI is InChI=1S/C17H19O6P/c1-14(2)13-17(18)20-23-24(19,21-15-9-5-3-6-10-15)22-16-11-7-4-8-12-16/h3-12,14H,13H2,1-2H3. The number of phosphoric acid groups is 1. The van der Waals surface area contributed by atoms with Crippen LogP contribution in [0.25, 0.3) is 0 Å². The number of carbonyl (C=O) groups is 1. The summed E-state index contributed by atoms with van der Waals surface area (Å²) in [5.74, 6) is -0.0579. The number of rotatable bonds is 8. The fraction of sp³-hybridized carbons (Fsp3) is 0.235. The van der Waals surface area contributed by atoms with Crippen LogP contribution in [0.4, 0.5) is 0 Å². The van der Waals surface area contributed by atoms with Gasteiger partial charge in [0.2, 0.25) is 0 Å². The lowest BCUT2D eigenvalue weighted by Crippen LogP contribution is -2.11. The highest BCUT2D eigenvalue weighted by molar-refractivity contribution is 7.49. The van der Waals surface area contributed by atoms with E-state index in [1.807, 2.05) is 13.8 Å². The maximum absolute atomic E-state index is 12.8. The van der Waals surface area contributed by atoms with E-state index < -0.39 is 13.8 Å². The molecule has 0 saturated carbocycles. The Morgan fingerprint density at radius 2 is 1.38 bits per heavy atom. The molecule has 128 valence electrons. The summed E-state index contributed by atoms with van der Waals surface area (Å²) in [6.45, 7) is 3.70. The largest absolute Gasteiger partial charge is 0.625 e. The van der Waals surface area contributed by atoms with Crippen LogP contribution < -0.4 is 9.05 Å². The average molecular weight is 350 g/mol. The molecule has 0 unspecified atom stereocenters. The predicted molar refractivity (Wildman–Crippen MR) is 88.4 cm³/mol. The van der Waals surface area contributed by atoms with Crippen molar-refractivity contribution >= 4 is 13.8 Å². The van der Waals surface area contributed by atoms with Gasteiger partial charge in [-0.25, -0.2) is 9.36 Å². The van der Waals surface area contributed by atoms with Crippen LogP contribution in [0.2, 0.25) is 0 Å². The van der Waals surface area contributed by atoms with Gasteiger partial charge in [-0.3, -0.25) is 4.89 Å². The molecule has 0 atom stereocenters. The average Bonchev–Trinajstić information content (AvgIpc) is 2.54. The van der Waals surface area contributed by atoms with E-state index in [1.54, 1.807) is 60.7 Å². The Hall–Kier alpha value is -2.30. The fourth-order valence-electron chi connectivity index (χ4n) is 1.72. The summed E-state index contributed by atoms with van der Waals surface area (Å²) in [4.78, 5) is 16.2. The molecule has 2 aromatic rings. The molecule has 0 spiro atoms. The summed E-state index contributed by atoms with van der Waals surface area (Å²) in [6, 6.07) is 16.7. The minimum atomic E-state index is -4.20. The van der Waals surface area contributed by atoms with Gasteiger partial charge in [-0.1, -0.05) is 54.9 Å². The first kappa shape index (κ1) is 18.0. The van der Waals surface area contributed by atoms with Gasteiger partial charge in [0.25, 0.3) is 0 Å². The van der Waals surface area contributed by atoms with E-state index in [0.29, 0.717) is 0 Å². The highest BCUT2D eigenvalue weighted by Crippen LogP contribution is 2.49. The quantitative estimate of drug-likeness (QED) is 0.388. The Bertz CT molecular complexity index is 641. The molecule has 6 nitrogen and oxygen atoms in total. The van der Waals surface area contributed by atoms with Gasteiger partial charge in [-0.2, -0.15) is 0 Å². The third-order valence-electron chi connectivity index (χ3n) is 2.72. The van der Waals surface area contributed by atoms with E-state index in [4.69, 9.17) is 13.7 Å². The van der Waals surface area contributed by atoms with Gasteiger partial charge in [-0.15, -0.1) is 0 Å². The highest BCUT2D eigenvalue weighted by Gasteiger charge is 2.34. The Morgan fingerprint density at radius 3 is 1.79 bits per heavy atom. The second-order valence-corrected chi connectivity index (χ2v) is 6.79. The van der Waals surface area contributed by atoms with Crippen molar-refractivity contribution in [1.82, 2.24) is 0 Å². The van der Waals surface area contributed by atoms with Gasteiger partial charge in [0.1, 0.15) is 11.5 Å². The third-order valence-corrected chi connectivity index (χ3v) is 3.84. The lowest BCUT2D eigenvalue weighted by atomic mass is 10.1. The van der Waals surface area contributed by atoms with Crippen molar-refractivity contribution in [3.63, 3.8) is 0 Å². The molecule has 0 saturated heterocycles. The van der Waals surface area contributed by atoms with Gasteiger partial charge in [0.05, 0.1) is 6.42 Å². The molecular formula is C17H19O6P. The van der Waals surface area contributed by atoms with Gasteiger partial charge in [-0.05, 0) is 30.2 Å². The Morgan fingerprint density at radius 1 is 0.917 bits per heavy atom. The molecule has 2 rings (SSSR count). The third kappa shape index (κ3) is 6.07. The number of para-hydroxylation sites is 2. The molecule has 0 heterocycles. The van der Waals surface area contributed by atoms with Crippen LogP contribution in [0.5, 0.6) is 11.5 Å². The molecule has 0 N–H and O–H groups in total. The van der Waals surface area contributed by atoms with Crippen molar-refractivity contribution in [3.05, 3.63) is 60.7 Å². The molecule has 0 amide bonds. The number of phosphoric ester groups is 1. The topological polar surface area (TPSA) is 71.1 Å². The van der Waals surface area contributed by atoms with Crippen molar-refractivity contribution < 1.29 is 28.0 Å². The van der Waals surface area contributed by atoms with Crippen LogP contribution in [0.1, 0.15) is 20.3 Å². The van der Waals surface area contributed by atoms with Crippen LogP contribution in [-0.4, -0.2) is 5.97 Å². The monoisotopic (exact) mass is 350 g/mol. The summed E-state index contributed by atoms with van der Waals surface area (Å²) in [5, 5.41) is 0. The Kier molecular flexibility index (Phi) is 6.41. The number of hydrogen-bond acceptors (Lipinski definition) is 6. The summed E-state index contributed by atoms with van der Waals surface area (Å²) in [6.07, 6.45) is 0.122. The zero-order valence-corrected chi connectivity index (χ0v) is 14.3. The molecule has 0 aliphatic heterocycles. The zero-order valence-electron chi connectivity index (χ0n) is 13.5. The first-order chi connectivity index (χ1) is 11.5.